The van der Waals surface area contributed by atoms with Crippen molar-refractivity contribution in [3.63, 3.8) is 0 Å². The minimum Gasteiger partial charge on any atom is -0.454 e. The van der Waals surface area contributed by atoms with Gasteiger partial charge in [0.15, 0.2) is 12.4 Å². The van der Waals surface area contributed by atoms with E-state index in [1.54, 1.807) is 6.08 Å². The van der Waals surface area contributed by atoms with Crippen LogP contribution in [-0.2, 0) is 23.8 Å². The van der Waals surface area contributed by atoms with Gasteiger partial charge in [-0.15, -0.1) is 0 Å². The van der Waals surface area contributed by atoms with Crippen LogP contribution < -0.4 is 5.32 Å². The largest absolute Gasteiger partial charge is 0.454 e. The Balaban J connectivity index is 2.82. The van der Waals surface area contributed by atoms with Crippen LogP contribution in [0.15, 0.2) is 134 Å². The van der Waals surface area contributed by atoms with Crippen molar-refractivity contribution in [1.82, 2.24) is 5.32 Å². The van der Waals surface area contributed by atoms with Gasteiger partial charge in [0.1, 0.15) is 24.4 Å². The van der Waals surface area contributed by atoms with Crippen molar-refractivity contribution in [2.45, 2.75) is 230 Å². The molecule has 1 heterocycles. The average Bonchev–Trinajstić information content (AvgIpc) is 3.39. The molecule has 0 radical (unpaired) electrons. The number of amides is 1. The topological polar surface area (TPSA) is 175 Å². The molecule has 0 saturated carbocycles. The fourth-order valence-corrected chi connectivity index (χ4v) is 7.87. The maximum absolute atomic E-state index is 13.4. The molecule has 1 aliphatic rings. The first-order valence-electron chi connectivity index (χ1n) is 28.1. The van der Waals surface area contributed by atoms with Gasteiger partial charge in [0.25, 0.3) is 0 Å². The van der Waals surface area contributed by atoms with Crippen LogP contribution in [0.1, 0.15) is 181 Å². The Kier molecular flexibility index (Phi) is 44.6. The Bertz CT molecular complexity index is 1690. The highest BCUT2D eigenvalue weighted by molar-refractivity contribution is 5.80. The molecular weight excluding hydrogens is 919 g/mol. The molecule has 11 heteroatoms. The first-order chi connectivity index (χ1) is 35.7. The summed E-state index contributed by atoms with van der Waals surface area (Å²) in [6.45, 7) is 5.43. The summed E-state index contributed by atoms with van der Waals surface area (Å²) in [6, 6.07) is -1.06. The van der Waals surface area contributed by atoms with Gasteiger partial charge in [-0.05, 0) is 64.2 Å². The zero-order valence-electron chi connectivity index (χ0n) is 45.2. The smallest absolute Gasteiger partial charge is 0.306 e. The second kappa shape index (κ2) is 48.7. The van der Waals surface area contributed by atoms with E-state index in [-0.39, 0.29) is 19.4 Å². The summed E-state index contributed by atoms with van der Waals surface area (Å²) in [5.41, 5.74) is 0. The Hall–Kier alpha value is -4.20. The normalized spacial score (nSPS) is 20.5. The first kappa shape index (κ1) is 66.8. The standard InChI is InChI=1S/C62H99NO10/c1-4-7-10-13-16-19-22-25-27-29-31-34-37-40-43-46-49-55(66)61(70)63-53(54(65)48-45-42-39-36-33-30-24-21-18-15-12-9-6-3)52-71-62-60(59(69)58(68)56(51-64)72-62)73-57(67)50-47-44-41-38-35-32-28-26-23-20-17-14-11-8-5-2/h7-8,10-11,13-14,16-17,19-20,22-23,25-29,31,34,37,45,48,53-56,58-60,62,64-66,68-69H,4-6,9,12,15,18,21,24,30,32-33,35-36,38-44,46-47,49-52H2,1-3H3,(H,63,70)/b10-7-,11-8+,16-13+,17-14+,22-19+,23-20+,27-25-,28-26-,31-29+,37-34+,48-45+. The highest BCUT2D eigenvalue weighted by Crippen LogP contribution is 2.26. The van der Waals surface area contributed by atoms with E-state index in [1.807, 2.05) is 109 Å². The third-order valence-corrected chi connectivity index (χ3v) is 12.3. The van der Waals surface area contributed by atoms with Crippen LogP contribution in [0.4, 0.5) is 0 Å². The molecule has 73 heavy (non-hydrogen) atoms. The van der Waals surface area contributed by atoms with Gasteiger partial charge in [-0.1, -0.05) is 244 Å². The number of aliphatic hydroxyl groups excluding tert-OH is 5. The molecule has 0 spiro atoms. The van der Waals surface area contributed by atoms with Gasteiger partial charge in [0.2, 0.25) is 5.91 Å². The van der Waals surface area contributed by atoms with Gasteiger partial charge in [0.05, 0.1) is 25.4 Å². The highest BCUT2D eigenvalue weighted by Gasteiger charge is 2.47. The molecule has 1 aliphatic heterocycles. The van der Waals surface area contributed by atoms with E-state index in [1.165, 1.54) is 51.4 Å². The van der Waals surface area contributed by atoms with Gasteiger partial charge in [-0.25, -0.2) is 0 Å². The van der Waals surface area contributed by atoms with E-state index in [4.69, 9.17) is 14.2 Å². The molecule has 0 aliphatic carbocycles. The minimum atomic E-state index is -1.64. The number of hydrogen-bond acceptors (Lipinski definition) is 10. The molecule has 0 bridgehead atoms. The van der Waals surface area contributed by atoms with E-state index in [9.17, 15) is 35.1 Å². The number of rotatable bonds is 44. The Morgan fingerprint density at radius 2 is 0.986 bits per heavy atom. The average molecular weight is 1020 g/mol. The maximum atomic E-state index is 13.4. The number of allylic oxidation sites excluding steroid dienone is 21. The lowest BCUT2D eigenvalue weighted by atomic mass is 9.99. The first-order valence-corrected chi connectivity index (χ1v) is 28.1. The van der Waals surface area contributed by atoms with Crippen molar-refractivity contribution in [2.75, 3.05) is 13.2 Å². The monoisotopic (exact) mass is 1020 g/mol. The number of carbonyl (C=O) groups excluding carboxylic acids is 2. The van der Waals surface area contributed by atoms with Crippen LogP contribution in [0.3, 0.4) is 0 Å². The lowest BCUT2D eigenvalue weighted by Crippen LogP contribution is -2.61. The number of hydrogen-bond donors (Lipinski definition) is 6. The molecular formula is C62H99NO10. The van der Waals surface area contributed by atoms with Crippen molar-refractivity contribution >= 4 is 11.9 Å². The van der Waals surface area contributed by atoms with Crippen molar-refractivity contribution in [2.24, 2.45) is 0 Å². The van der Waals surface area contributed by atoms with Crippen molar-refractivity contribution in [3.05, 3.63) is 134 Å². The van der Waals surface area contributed by atoms with Crippen LogP contribution in [-0.4, -0.2) is 99.6 Å². The summed E-state index contributed by atoms with van der Waals surface area (Å²) in [7, 11) is 0. The van der Waals surface area contributed by atoms with Crippen LogP contribution in [0.25, 0.3) is 0 Å². The van der Waals surface area contributed by atoms with Crippen molar-refractivity contribution in [1.29, 1.82) is 0 Å². The molecule has 1 amide bonds. The fraction of sp³-hybridized carbons (Fsp3) is 0.613. The van der Waals surface area contributed by atoms with Gasteiger partial charge >= 0.3 is 5.97 Å². The molecule has 1 fully saturated rings. The molecule has 8 atom stereocenters. The SMILES string of the molecule is CC\C=C/C=C/C=C/C=C\C=C\C=C\CCCCC(O)C(=O)NC(COC1OC(CO)C(O)C(O)C1OC(=O)CCCCCCC\C=C/C=C/C=C/C=C/CC)C(O)/C=C/CCCCCCCCCCCCC. The Morgan fingerprint density at radius 3 is 1.48 bits per heavy atom. The lowest BCUT2D eigenvalue weighted by Gasteiger charge is -2.41. The summed E-state index contributed by atoms with van der Waals surface area (Å²) in [6.07, 6.45) is 57.7. The number of esters is 1. The van der Waals surface area contributed by atoms with Gasteiger partial charge in [0, 0.05) is 6.42 Å². The molecule has 8 unspecified atom stereocenters. The van der Waals surface area contributed by atoms with Gasteiger partial charge < -0.3 is 45.1 Å². The van der Waals surface area contributed by atoms with E-state index >= 15 is 0 Å². The zero-order valence-corrected chi connectivity index (χ0v) is 45.2. The fourth-order valence-electron chi connectivity index (χ4n) is 7.87. The summed E-state index contributed by atoms with van der Waals surface area (Å²) in [4.78, 5) is 26.4. The molecule has 0 aromatic rings. The maximum Gasteiger partial charge on any atom is 0.306 e. The van der Waals surface area contributed by atoms with E-state index in [0.29, 0.717) is 12.8 Å². The van der Waals surface area contributed by atoms with Gasteiger partial charge in [-0.2, -0.15) is 0 Å². The number of aliphatic hydroxyl groups is 5. The summed E-state index contributed by atoms with van der Waals surface area (Å²) < 4.78 is 17.5. The number of nitrogens with one attached hydrogen (secondary N) is 1. The van der Waals surface area contributed by atoms with E-state index in [2.05, 4.69) is 44.3 Å². The highest BCUT2D eigenvalue weighted by atomic mass is 16.7. The zero-order chi connectivity index (χ0) is 53.3. The Labute approximate surface area is 442 Å². The number of ether oxygens (including phenoxy) is 3. The van der Waals surface area contributed by atoms with Crippen LogP contribution >= 0.6 is 0 Å². The predicted octanol–water partition coefficient (Wildman–Crippen LogP) is 12.5. The molecule has 1 rings (SSSR count). The summed E-state index contributed by atoms with van der Waals surface area (Å²) in [5.74, 6) is -1.28. The summed E-state index contributed by atoms with van der Waals surface area (Å²) in [5, 5.41) is 56.8. The van der Waals surface area contributed by atoms with Crippen LogP contribution in [0.2, 0.25) is 0 Å². The summed E-state index contributed by atoms with van der Waals surface area (Å²) >= 11 is 0. The molecule has 0 aromatic carbocycles. The minimum absolute atomic E-state index is 0.0829. The van der Waals surface area contributed by atoms with Crippen LogP contribution in [0, 0.1) is 0 Å². The van der Waals surface area contributed by atoms with Crippen molar-refractivity contribution in [3.8, 4) is 0 Å². The lowest BCUT2D eigenvalue weighted by molar-refractivity contribution is -0.305. The molecule has 412 valence electrons. The van der Waals surface area contributed by atoms with E-state index < -0.39 is 67.4 Å². The predicted molar refractivity (Wildman–Crippen MR) is 301 cm³/mol. The third-order valence-electron chi connectivity index (χ3n) is 12.3. The number of unbranched alkanes of at least 4 members (excludes halogenated alkanes) is 18. The quantitative estimate of drug-likeness (QED) is 0.0149. The second-order valence-electron chi connectivity index (χ2n) is 18.8. The Morgan fingerprint density at radius 1 is 0.548 bits per heavy atom. The molecule has 1 saturated heterocycles. The van der Waals surface area contributed by atoms with Crippen molar-refractivity contribution < 1.29 is 49.3 Å². The molecule has 11 nitrogen and oxygen atoms in total. The van der Waals surface area contributed by atoms with Crippen LogP contribution in [0.5, 0.6) is 0 Å². The molecule has 0 aromatic heterocycles. The number of carbonyl (C=O) groups is 2. The molecule has 6 N–H and O–H groups in total. The van der Waals surface area contributed by atoms with Gasteiger partial charge in [-0.3, -0.25) is 9.59 Å². The second-order valence-corrected chi connectivity index (χ2v) is 18.8. The van der Waals surface area contributed by atoms with E-state index in [0.717, 1.165) is 83.5 Å². The third kappa shape index (κ3) is 37.2.